The van der Waals surface area contributed by atoms with Gasteiger partial charge in [0.2, 0.25) is 5.54 Å². The third-order valence-corrected chi connectivity index (χ3v) is 3.57. The molecule has 0 saturated carbocycles. The Morgan fingerprint density at radius 1 is 0.846 bits per heavy atom. The van der Waals surface area contributed by atoms with Crippen LogP contribution >= 0.6 is 0 Å². The fourth-order valence-corrected chi connectivity index (χ4v) is 2.23. The minimum atomic E-state index is -2.52. The van der Waals surface area contributed by atoms with E-state index in [0.29, 0.717) is 11.1 Å². The first-order valence-corrected chi connectivity index (χ1v) is 7.43. The maximum atomic E-state index is 12.0. The molecule has 0 fully saturated rings. The molecule has 130 valence electrons. The molecule has 0 aromatic heterocycles. The van der Waals surface area contributed by atoms with Crippen LogP contribution < -0.4 is 56.7 Å². The zero-order valence-corrected chi connectivity index (χ0v) is 17.3. The van der Waals surface area contributed by atoms with E-state index in [1.807, 2.05) is 5.32 Å². The summed E-state index contributed by atoms with van der Waals surface area (Å²) < 4.78 is 4.94. The number of carbonyl (C=O) groups is 3. The minimum absolute atomic E-state index is 0. The van der Waals surface area contributed by atoms with E-state index in [4.69, 9.17) is 4.74 Å². The van der Waals surface area contributed by atoms with Gasteiger partial charge in [-0.25, -0.2) is 14.4 Å². The summed E-state index contributed by atoms with van der Waals surface area (Å²) in [5.74, 6) is -3.36. The van der Waals surface area contributed by atoms with Gasteiger partial charge < -0.3 is 14.9 Å². The van der Waals surface area contributed by atoms with E-state index in [1.165, 1.54) is 0 Å². The molecule has 2 rings (SSSR count). The zero-order chi connectivity index (χ0) is 18.3. The number of carbonyl (C=O) groups excluding carboxylic acids is 1. The quantitative estimate of drug-likeness (QED) is 0.421. The number of aliphatic carboxylic acids is 2. The maximum absolute atomic E-state index is 12.0. The van der Waals surface area contributed by atoms with Gasteiger partial charge in [-0.1, -0.05) is 60.7 Å². The second-order valence-corrected chi connectivity index (χ2v) is 5.36. The van der Waals surface area contributed by atoms with Crippen molar-refractivity contribution in [2.75, 3.05) is 0 Å². The van der Waals surface area contributed by atoms with E-state index in [-0.39, 0.29) is 58.0 Å². The second-order valence-electron chi connectivity index (χ2n) is 5.36. The fraction of sp³-hybridized carbons (Fsp3) is 0.167. The van der Waals surface area contributed by atoms with Crippen LogP contribution in [0.25, 0.3) is 0 Å². The smallest absolute Gasteiger partial charge is 0.479 e. The first-order chi connectivity index (χ1) is 11.9. The predicted octanol–water partition coefficient (Wildman–Crippen LogP) is -0.932. The Hall–Kier alpha value is -1.71. The molecule has 0 radical (unpaired) electrons. The van der Waals surface area contributed by atoms with Gasteiger partial charge in [-0.15, -0.1) is 0 Å². The van der Waals surface area contributed by atoms with Crippen LogP contribution in [-0.4, -0.2) is 33.8 Å². The summed E-state index contributed by atoms with van der Waals surface area (Å²) in [6.45, 7) is -0.104. The minimum Gasteiger partial charge on any atom is -0.479 e. The number of ether oxygens (including phenoxy) is 1. The molecule has 3 N–H and O–H groups in total. The normalized spacial score (nSPS) is 10.3. The van der Waals surface area contributed by atoms with Crippen LogP contribution in [0.1, 0.15) is 11.1 Å². The van der Waals surface area contributed by atoms with Crippen molar-refractivity contribution < 1.29 is 80.7 Å². The number of alkyl carbamates (subject to hydrolysis) is 1. The summed E-state index contributed by atoms with van der Waals surface area (Å²) in [5, 5.41) is 20.9. The summed E-state index contributed by atoms with van der Waals surface area (Å²) in [6.07, 6.45) is -1.54. The van der Waals surface area contributed by atoms with Crippen molar-refractivity contribution in [1.82, 2.24) is 5.32 Å². The summed E-state index contributed by atoms with van der Waals surface area (Å²) in [7, 11) is 0. The van der Waals surface area contributed by atoms with E-state index in [2.05, 4.69) is 0 Å². The first-order valence-electron chi connectivity index (χ1n) is 7.43. The van der Waals surface area contributed by atoms with Crippen molar-refractivity contribution in [1.29, 1.82) is 0 Å². The monoisotopic (exact) mass is 382 g/mol. The average Bonchev–Trinajstić information content (AvgIpc) is 2.60. The topological polar surface area (TPSA) is 113 Å². The predicted molar refractivity (Wildman–Crippen MR) is 87.9 cm³/mol. The van der Waals surface area contributed by atoms with E-state index in [9.17, 15) is 24.6 Å². The van der Waals surface area contributed by atoms with Gasteiger partial charge in [0.1, 0.15) is 6.61 Å². The molecule has 0 unspecified atom stereocenters. The number of carboxylic acid groups (broad SMARTS) is 2. The molecule has 0 aliphatic rings. The molecule has 7 nitrogen and oxygen atoms in total. The average molecular weight is 382 g/mol. The first kappa shape index (κ1) is 22.3. The van der Waals surface area contributed by atoms with Gasteiger partial charge >= 0.3 is 69.4 Å². The third kappa shape index (κ3) is 5.92. The molecule has 0 atom stereocenters. The van der Waals surface area contributed by atoms with Crippen LogP contribution in [0.5, 0.6) is 0 Å². The molecule has 0 bridgehead atoms. The van der Waals surface area contributed by atoms with Crippen LogP contribution in [0, 0.1) is 0 Å². The Morgan fingerprint density at radius 3 is 1.77 bits per heavy atom. The van der Waals surface area contributed by atoms with Crippen molar-refractivity contribution in [2.24, 2.45) is 0 Å². The van der Waals surface area contributed by atoms with Crippen molar-refractivity contribution in [3.8, 4) is 0 Å². The maximum Gasteiger partial charge on any atom is 1.00 e. The van der Waals surface area contributed by atoms with Gasteiger partial charge in [-0.3, -0.25) is 5.32 Å². The number of carboxylic acids is 2. The Kier molecular flexibility index (Phi) is 8.96. The van der Waals surface area contributed by atoms with E-state index < -0.39 is 30.0 Å². The number of nitrogens with one attached hydrogen (secondary N) is 1. The second kappa shape index (κ2) is 10.4. The molecule has 0 spiro atoms. The van der Waals surface area contributed by atoms with Crippen LogP contribution in [0.4, 0.5) is 4.79 Å². The van der Waals surface area contributed by atoms with Crippen LogP contribution in [-0.2, 0) is 27.4 Å². The van der Waals surface area contributed by atoms with Gasteiger partial charge in [0.05, 0.1) is 0 Å². The molecule has 0 heterocycles. The summed E-state index contributed by atoms with van der Waals surface area (Å²) in [5.41, 5.74) is -1.37. The Morgan fingerprint density at radius 2 is 1.31 bits per heavy atom. The molecule has 2 aromatic rings. The standard InChI is InChI=1S/C18H17NO6.K/c20-15(21)18(16(22)23,11-13-7-3-1-4-8-13)19-17(24)25-12-14-9-5-2-6-10-14;/h1-10H,11-12H2,(H,19,24)(H,20,21)(H,22,23);/q;+1. The molecule has 0 aliphatic carbocycles. The molecule has 0 saturated heterocycles. The van der Waals surface area contributed by atoms with Gasteiger partial charge in [0.25, 0.3) is 0 Å². The molecular weight excluding hydrogens is 365 g/mol. The SMILES string of the molecule is O=C(NC(Cc1ccccc1)(C(=O)O)C(=O)O)OCc1ccccc1.[K+]. The number of rotatable bonds is 7. The van der Waals surface area contributed by atoms with Crippen LogP contribution in [0.15, 0.2) is 60.7 Å². The van der Waals surface area contributed by atoms with Gasteiger partial charge in [-0.05, 0) is 11.1 Å². The number of hydrogen-bond acceptors (Lipinski definition) is 4. The molecule has 0 aliphatic heterocycles. The Balaban J connectivity index is 0.00000338. The summed E-state index contributed by atoms with van der Waals surface area (Å²) >= 11 is 0. The van der Waals surface area contributed by atoms with Gasteiger partial charge in [0, 0.05) is 6.42 Å². The number of hydrogen-bond donors (Lipinski definition) is 3. The summed E-state index contributed by atoms with van der Waals surface area (Å²) in [4.78, 5) is 35.2. The van der Waals surface area contributed by atoms with E-state index >= 15 is 0 Å². The van der Waals surface area contributed by atoms with Crippen LogP contribution in [0.2, 0.25) is 0 Å². The van der Waals surface area contributed by atoms with Gasteiger partial charge in [0.15, 0.2) is 0 Å². The van der Waals surface area contributed by atoms with Crippen molar-refractivity contribution in [3.63, 3.8) is 0 Å². The third-order valence-electron chi connectivity index (χ3n) is 3.57. The molecular formula is C18H17KNO6+. The number of benzene rings is 2. The Bertz CT molecular complexity index is 737. The molecule has 2 aromatic carbocycles. The largest absolute Gasteiger partial charge is 1.00 e. The Labute approximate surface area is 192 Å². The van der Waals surface area contributed by atoms with Crippen LogP contribution in [0.3, 0.4) is 0 Å². The molecule has 1 amide bonds. The van der Waals surface area contributed by atoms with Crippen molar-refractivity contribution in [2.45, 2.75) is 18.6 Å². The van der Waals surface area contributed by atoms with Crippen molar-refractivity contribution in [3.05, 3.63) is 71.8 Å². The molecule has 26 heavy (non-hydrogen) atoms. The zero-order valence-electron chi connectivity index (χ0n) is 14.2. The number of amides is 1. The molecule has 8 heteroatoms. The van der Waals surface area contributed by atoms with Gasteiger partial charge in [-0.2, -0.15) is 0 Å². The van der Waals surface area contributed by atoms with E-state index in [1.54, 1.807) is 60.7 Å². The van der Waals surface area contributed by atoms with Crippen molar-refractivity contribution >= 4 is 18.0 Å². The fourth-order valence-electron chi connectivity index (χ4n) is 2.23. The van der Waals surface area contributed by atoms with E-state index in [0.717, 1.165) is 0 Å². The summed E-state index contributed by atoms with van der Waals surface area (Å²) in [6, 6.07) is 16.9.